The predicted molar refractivity (Wildman–Crippen MR) is 91.4 cm³/mol. The molecule has 1 saturated carbocycles. The summed E-state index contributed by atoms with van der Waals surface area (Å²) in [5, 5.41) is 0.166. The monoisotopic (exact) mass is 347 g/mol. The van der Waals surface area contributed by atoms with Gasteiger partial charge < -0.3 is 14.4 Å². The molecule has 0 amide bonds. The van der Waals surface area contributed by atoms with Crippen LogP contribution in [0, 0.1) is 0 Å². The van der Waals surface area contributed by atoms with Gasteiger partial charge in [-0.05, 0) is 25.0 Å². The minimum Gasteiger partial charge on any atom is -0.495 e. The number of nitrogens with zero attached hydrogens (tertiary/aromatic N) is 3. The zero-order valence-electron chi connectivity index (χ0n) is 13.7. The lowest BCUT2D eigenvalue weighted by Gasteiger charge is -2.22. The first-order valence-corrected chi connectivity index (χ1v) is 7.97. The summed E-state index contributed by atoms with van der Waals surface area (Å²) >= 11 is 6.41. The largest absolute Gasteiger partial charge is 0.495 e. The number of benzene rings is 1. The van der Waals surface area contributed by atoms with E-state index < -0.39 is 5.97 Å². The maximum absolute atomic E-state index is 12.0. The maximum atomic E-state index is 12.0. The van der Waals surface area contributed by atoms with Gasteiger partial charge in [0.2, 0.25) is 0 Å². The number of rotatable bonds is 5. The number of carbonyl (C=O) groups excluding carboxylic acids is 1. The Labute approximate surface area is 145 Å². The molecule has 0 spiro atoms. The standard InChI is InChI=1S/C17H18ClN3O3/c1-21(11-6-4-5-7-12(11)23-2)16-13(18)14(17(22)24-3)19-15(20-16)10-8-9-10/h4-7,10H,8-9H2,1-3H3. The average Bonchev–Trinajstić information content (AvgIpc) is 3.45. The predicted octanol–water partition coefficient (Wildman–Crippen LogP) is 3.57. The van der Waals surface area contributed by atoms with Gasteiger partial charge >= 0.3 is 5.97 Å². The third kappa shape index (κ3) is 3.01. The van der Waals surface area contributed by atoms with Crippen molar-refractivity contribution in [3.63, 3.8) is 0 Å². The van der Waals surface area contributed by atoms with Crippen molar-refractivity contribution in [2.45, 2.75) is 18.8 Å². The molecule has 0 radical (unpaired) electrons. The second-order valence-electron chi connectivity index (χ2n) is 5.56. The van der Waals surface area contributed by atoms with E-state index >= 15 is 0 Å². The Kier molecular flexibility index (Phi) is 4.57. The molecule has 1 aromatic heterocycles. The highest BCUT2D eigenvalue weighted by atomic mass is 35.5. The molecule has 1 fully saturated rings. The smallest absolute Gasteiger partial charge is 0.358 e. The molecule has 0 aliphatic heterocycles. The Morgan fingerprint density at radius 2 is 1.96 bits per heavy atom. The SMILES string of the molecule is COC(=O)c1nc(C2CC2)nc(N(C)c2ccccc2OC)c1Cl. The van der Waals surface area contributed by atoms with Crippen LogP contribution in [0.1, 0.15) is 35.1 Å². The number of hydrogen-bond acceptors (Lipinski definition) is 6. The summed E-state index contributed by atoms with van der Waals surface area (Å²) in [5.41, 5.74) is 0.881. The topological polar surface area (TPSA) is 64.5 Å². The summed E-state index contributed by atoms with van der Waals surface area (Å²) in [6, 6.07) is 7.52. The molecule has 1 aliphatic carbocycles. The van der Waals surface area contributed by atoms with Gasteiger partial charge in [-0.25, -0.2) is 14.8 Å². The van der Waals surface area contributed by atoms with Gasteiger partial charge in [0.05, 0.1) is 19.9 Å². The second kappa shape index (κ2) is 6.65. The molecule has 1 heterocycles. The number of halogens is 1. The van der Waals surface area contributed by atoms with E-state index in [1.54, 1.807) is 12.0 Å². The van der Waals surface area contributed by atoms with E-state index in [9.17, 15) is 4.79 Å². The molecule has 0 saturated heterocycles. The molecule has 0 bridgehead atoms. The van der Waals surface area contributed by atoms with Crippen molar-refractivity contribution >= 4 is 29.1 Å². The van der Waals surface area contributed by atoms with Crippen LogP contribution >= 0.6 is 11.6 Å². The maximum Gasteiger partial charge on any atom is 0.358 e. The molecule has 24 heavy (non-hydrogen) atoms. The van der Waals surface area contributed by atoms with Crippen molar-refractivity contribution < 1.29 is 14.3 Å². The van der Waals surface area contributed by atoms with Crippen LogP contribution in [0.3, 0.4) is 0 Å². The number of carbonyl (C=O) groups is 1. The summed E-state index contributed by atoms with van der Waals surface area (Å²) in [6.07, 6.45) is 2.03. The minimum atomic E-state index is -0.570. The van der Waals surface area contributed by atoms with E-state index in [2.05, 4.69) is 9.97 Å². The van der Waals surface area contributed by atoms with Crippen LogP contribution < -0.4 is 9.64 Å². The first kappa shape index (κ1) is 16.5. The Balaban J connectivity index is 2.12. The Morgan fingerprint density at radius 1 is 1.25 bits per heavy atom. The van der Waals surface area contributed by atoms with Gasteiger partial charge in [0.25, 0.3) is 0 Å². The van der Waals surface area contributed by atoms with Gasteiger partial charge in [0.15, 0.2) is 11.5 Å². The van der Waals surface area contributed by atoms with Gasteiger partial charge in [-0.15, -0.1) is 0 Å². The van der Waals surface area contributed by atoms with Crippen LogP contribution in [0.5, 0.6) is 5.75 Å². The quantitative estimate of drug-likeness (QED) is 0.770. The van der Waals surface area contributed by atoms with Crippen molar-refractivity contribution in [2.75, 3.05) is 26.2 Å². The molecule has 0 N–H and O–H groups in total. The fourth-order valence-electron chi connectivity index (χ4n) is 2.45. The van der Waals surface area contributed by atoms with Crippen LogP contribution in [-0.4, -0.2) is 37.2 Å². The van der Waals surface area contributed by atoms with E-state index in [1.807, 2.05) is 31.3 Å². The summed E-state index contributed by atoms with van der Waals surface area (Å²) in [5.74, 6) is 1.46. The number of aromatic nitrogens is 2. The van der Waals surface area contributed by atoms with E-state index in [0.717, 1.165) is 18.5 Å². The van der Waals surface area contributed by atoms with Crippen molar-refractivity contribution in [1.82, 2.24) is 9.97 Å². The number of esters is 1. The van der Waals surface area contributed by atoms with Crippen molar-refractivity contribution in [1.29, 1.82) is 0 Å². The number of ether oxygens (including phenoxy) is 2. The normalized spacial score (nSPS) is 13.5. The molecule has 3 rings (SSSR count). The van der Waals surface area contributed by atoms with E-state index in [1.165, 1.54) is 7.11 Å². The van der Waals surface area contributed by atoms with Crippen molar-refractivity contribution in [2.24, 2.45) is 0 Å². The molecule has 1 aromatic carbocycles. The van der Waals surface area contributed by atoms with E-state index in [-0.39, 0.29) is 16.6 Å². The zero-order chi connectivity index (χ0) is 17.3. The molecule has 0 atom stereocenters. The molecule has 0 unspecified atom stereocenters. The second-order valence-corrected chi connectivity index (χ2v) is 5.94. The first-order chi connectivity index (χ1) is 11.6. The lowest BCUT2D eigenvalue weighted by Crippen LogP contribution is -2.17. The summed E-state index contributed by atoms with van der Waals surface area (Å²) in [6.45, 7) is 0. The van der Waals surface area contributed by atoms with Gasteiger partial charge in [0.1, 0.15) is 16.6 Å². The van der Waals surface area contributed by atoms with Gasteiger partial charge in [-0.2, -0.15) is 0 Å². The molecule has 126 valence electrons. The number of hydrogen-bond donors (Lipinski definition) is 0. The first-order valence-electron chi connectivity index (χ1n) is 7.59. The summed E-state index contributed by atoms with van der Waals surface area (Å²) in [7, 11) is 4.73. The lowest BCUT2D eigenvalue weighted by atomic mass is 10.2. The van der Waals surface area contributed by atoms with Crippen LogP contribution in [0.4, 0.5) is 11.5 Å². The van der Waals surface area contributed by atoms with Gasteiger partial charge in [-0.1, -0.05) is 23.7 Å². The molecular formula is C17H18ClN3O3. The fraction of sp³-hybridized carbons (Fsp3) is 0.353. The van der Waals surface area contributed by atoms with Crippen LogP contribution in [0.25, 0.3) is 0 Å². The highest BCUT2D eigenvalue weighted by Crippen LogP contribution is 2.42. The minimum absolute atomic E-state index is 0.0906. The fourth-order valence-corrected chi connectivity index (χ4v) is 2.74. The number of para-hydroxylation sites is 2. The summed E-state index contributed by atoms with van der Waals surface area (Å²) in [4.78, 5) is 22.7. The molecule has 1 aliphatic rings. The third-order valence-electron chi connectivity index (χ3n) is 3.94. The van der Waals surface area contributed by atoms with Crippen molar-refractivity contribution in [3.8, 4) is 5.75 Å². The van der Waals surface area contributed by atoms with E-state index in [0.29, 0.717) is 17.4 Å². The van der Waals surface area contributed by atoms with E-state index in [4.69, 9.17) is 21.1 Å². The Hall–Kier alpha value is -2.34. The van der Waals surface area contributed by atoms with Crippen molar-refractivity contribution in [3.05, 3.63) is 40.8 Å². The van der Waals surface area contributed by atoms with Crippen LogP contribution in [-0.2, 0) is 4.74 Å². The lowest BCUT2D eigenvalue weighted by molar-refractivity contribution is 0.0593. The third-order valence-corrected chi connectivity index (χ3v) is 4.28. The van der Waals surface area contributed by atoms with Crippen LogP contribution in [0.15, 0.2) is 24.3 Å². The molecule has 6 nitrogen and oxygen atoms in total. The number of methoxy groups -OCH3 is 2. The Bertz CT molecular complexity index is 778. The zero-order valence-corrected chi connectivity index (χ0v) is 14.5. The molecular weight excluding hydrogens is 330 g/mol. The summed E-state index contributed by atoms with van der Waals surface area (Å²) < 4.78 is 10.2. The highest BCUT2D eigenvalue weighted by molar-refractivity contribution is 6.35. The highest BCUT2D eigenvalue weighted by Gasteiger charge is 2.31. The number of anilines is 2. The Morgan fingerprint density at radius 3 is 2.58 bits per heavy atom. The average molecular weight is 348 g/mol. The van der Waals surface area contributed by atoms with Gasteiger partial charge in [-0.3, -0.25) is 0 Å². The molecule has 2 aromatic rings. The molecule has 7 heteroatoms. The van der Waals surface area contributed by atoms with Crippen LogP contribution in [0.2, 0.25) is 5.02 Å². The van der Waals surface area contributed by atoms with Gasteiger partial charge in [0, 0.05) is 13.0 Å².